The van der Waals surface area contributed by atoms with Gasteiger partial charge in [0.1, 0.15) is 0 Å². The van der Waals surface area contributed by atoms with E-state index in [2.05, 4.69) is 10.5 Å². The third-order valence-electron chi connectivity index (χ3n) is 5.00. The summed E-state index contributed by atoms with van der Waals surface area (Å²) in [5.41, 5.74) is 3.75. The molecule has 2 saturated heterocycles. The SMILES string of the molecule is CCCOC(=O)NN=C[C@@H]1[C@@H](Cc2ccc(C(=O)O)cc2)[C@H]2CC[C@@H]1O2. The number of aromatic carboxylic acids is 1. The first-order valence-corrected chi connectivity index (χ1v) is 9.02. The predicted molar refractivity (Wildman–Crippen MR) is 95.2 cm³/mol. The molecule has 0 radical (unpaired) electrons. The molecule has 1 amide bonds. The topological polar surface area (TPSA) is 97.2 Å². The Kier molecular flexibility index (Phi) is 5.88. The predicted octanol–water partition coefficient (Wildman–Crippen LogP) is 2.84. The minimum absolute atomic E-state index is 0.124. The Labute approximate surface area is 152 Å². The molecule has 2 bridgehead atoms. The van der Waals surface area contributed by atoms with Gasteiger partial charge < -0.3 is 14.6 Å². The van der Waals surface area contributed by atoms with E-state index in [1.807, 2.05) is 19.1 Å². The fraction of sp³-hybridized carbons (Fsp3) is 0.526. The highest BCUT2D eigenvalue weighted by Crippen LogP contribution is 2.44. The molecule has 7 nitrogen and oxygen atoms in total. The van der Waals surface area contributed by atoms with Gasteiger partial charge >= 0.3 is 12.1 Å². The van der Waals surface area contributed by atoms with Crippen LogP contribution in [-0.2, 0) is 15.9 Å². The summed E-state index contributed by atoms with van der Waals surface area (Å²) in [4.78, 5) is 22.4. The lowest BCUT2D eigenvalue weighted by Gasteiger charge is -2.25. The lowest BCUT2D eigenvalue weighted by Crippen LogP contribution is -2.31. The smallest absolute Gasteiger partial charge is 0.427 e. The van der Waals surface area contributed by atoms with Crippen molar-refractivity contribution in [2.24, 2.45) is 16.9 Å². The van der Waals surface area contributed by atoms with Crippen molar-refractivity contribution in [2.75, 3.05) is 6.61 Å². The van der Waals surface area contributed by atoms with Crippen LogP contribution >= 0.6 is 0 Å². The van der Waals surface area contributed by atoms with E-state index in [0.717, 1.165) is 31.2 Å². The van der Waals surface area contributed by atoms with Crippen molar-refractivity contribution in [3.8, 4) is 0 Å². The Bertz CT molecular complexity index is 673. The van der Waals surface area contributed by atoms with Crippen LogP contribution in [0.2, 0.25) is 0 Å². The number of hydrazone groups is 1. The Morgan fingerprint density at radius 2 is 2.04 bits per heavy atom. The fourth-order valence-electron chi connectivity index (χ4n) is 3.74. The summed E-state index contributed by atoms with van der Waals surface area (Å²) in [6.07, 6.45) is 5.09. The molecule has 7 heteroatoms. The van der Waals surface area contributed by atoms with Gasteiger partial charge in [0.25, 0.3) is 0 Å². The number of fused-ring (bicyclic) bond motifs is 2. The van der Waals surface area contributed by atoms with Gasteiger partial charge in [0, 0.05) is 12.1 Å². The molecule has 0 aliphatic carbocycles. The van der Waals surface area contributed by atoms with E-state index in [0.29, 0.717) is 6.61 Å². The van der Waals surface area contributed by atoms with E-state index in [-0.39, 0.29) is 29.6 Å². The number of rotatable bonds is 7. The Morgan fingerprint density at radius 3 is 2.73 bits per heavy atom. The number of ether oxygens (including phenoxy) is 2. The minimum Gasteiger partial charge on any atom is -0.478 e. The van der Waals surface area contributed by atoms with Crippen molar-refractivity contribution >= 4 is 18.3 Å². The first-order valence-electron chi connectivity index (χ1n) is 9.02. The summed E-state index contributed by atoms with van der Waals surface area (Å²) in [6.45, 7) is 2.30. The number of amides is 1. The van der Waals surface area contributed by atoms with Gasteiger partial charge in [-0.2, -0.15) is 5.10 Å². The van der Waals surface area contributed by atoms with Crippen molar-refractivity contribution < 1.29 is 24.2 Å². The quantitative estimate of drug-likeness (QED) is 0.576. The summed E-state index contributed by atoms with van der Waals surface area (Å²) in [6, 6.07) is 6.95. The van der Waals surface area contributed by atoms with Gasteiger partial charge in [0.15, 0.2) is 0 Å². The van der Waals surface area contributed by atoms with Gasteiger partial charge in [-0.1, -0.05) is 19.1 Å². The summed E-state index contributed by atoms with van der Waals surface area (Å²) in [5, 5.41) is 13.0. The largest absolute Gasteiger partial charge is 0.478 e. The van der Waals surface area contributed by atoms with Gasteiger partial charge in [0.2, 0.25) is 0 Å². The summed E-state index contributed by atoms with van der Waals surface area (Å²) >= 11 is 0. The maximum absolute atomic E-state index is 11.5. The van der Waals surface area contributed by atoms with Crippen molar-refractivity contribution in [1.29, 1.82) is 0 Å². The number of carbonyl (C=O) groups excluding carboxylic acids is 1. The molecular formula is C19H24N2O5. The van der Waals surface area contributed by atoms with E-state index in [1.165, 1.54) is 0 Å². The second-order valence-corrected chi connectivity index (χ2v) is 6.76. The zero-order chi connectivity index (χ0) is 18.5. The molecule has 2 heterocycles. The number of carboxylic acids is 1. The van der Waals surface area contributed by atoms with Gasteiger partial charge in [0.05, 0.1) is 24.4 Å². The number of hydrogen-bond acceptors (Lipinski definition) is 5. The number of benzene rings is 1. The van der Waals surface area contributed by atoms with Crippen LogP contribution in [-0.4, -0.2) is 42.2 Å². The summed E-state index contributed by atoms with van der Waals surface area (Å²) < 4.78 is 11.0. The summed E-state index contributed by atoms with van der Waals surface area (Å²) in [7, 11) is 0. The van der Waals surface area contributed by atoms with Crippen molar-refractivity contribution in [2.45, 2.75) is 44.8 Å². The Balaban J connectivity index is 1.61. The van der Waals surface area contributed by atoms with Gasteiger partial charge in [-0.05, 0) is 49.3 Å². The average molecular weight is 360 g/mol. The van der Waals surface area contributed by atoms with Crippen molar-refractivity contribution in [3.63, 3.8) is 0 Å². The number of carboxylic acid groups (broad SMARTS) is 1. The Morgan fingerprint density at radius 1 is 1.31 bits per heavy atom. The first-order chi connectivity index (χ1) is 12.6. The van der Waals surface area contributed by atoms with Crippen LogP contribution in [0.3, 0.4) is 0 Å². The van der Waals surface area contributed by atoms with Gasteiger partial charge in [-0.3, -0.25) is 0 Å². The number of hydrogen-bond donors (Lipinski definition) is 2. The van der Waals surface area contributed by atoms with Gasteiger partial charge in [-0.15, -0.1) is 0 Å². The normalized spacial score (nSPS) is 27.0. The molecule has 2 fully saturated rings. The van der Waals surface area contributed by atoms with Gasteiger partial charge in [-0.25, -0.2) is 15.0 Å². The van der Waals surface area contributed by atoms with Crippen LogP contribution < -0.4 is 5.43 Å². The molecule has 4 atom stereocenters. The maximum Gasteiger partial charge on any atom is 0.427 e. The molecule has 1 aromatic carbocycles. The standard InChI is InChI=1S/C19H24N2O5/c1-2-9-25-19(24)21-20-11-15-14(16-7-8-17(15)26-16)10-12-3-5-13(6-4-12)18(22)23/h3-6,11,14-17H,2,7-10H2,1H3,(H,21,24)(H,22,23)/t14-,15-,16-,17+/m1/s1. The third kappa shape index (κ3) is 4.22. The van der Waals surface area contributed by atoms with Crippen molar-refractivity contribution in [1.82, 2.24) is 5.43 Å². The van der Waals surface area contributed by atoms with E-state index >= 15 is 0 Å². The maximum atomic E-state index is 11.5. The van der Waals surface area contributed by atoms with E-state index < -0.39 is 12.1 Å². The molecule has 0 unspecified atom stereocenters. The van der Waals surface area contributed by atoms with Crippen LogP contribution in [0.15, 0.2) is 29.4 Å². The lowest BCUT2D eigenvalue weighted by molar-refractivity contribution is 0.0696. The second kappa shape index (κ2) is 8.31. The van der Waals surface area contributed by atoms with E-state index in [1.54, 1.807) is 18.3 Å². The second-order valence-electron chi connectivity index (χ2n) is 6.76. The highest BCUT2D eigenvalue weighted by molar-refractivity contribution is 5.87. The van der Waals surface area contributed by atoms with Crippen LogP contribution in [0.25, 0.3) is 0 Å². The zero-order valence-electron chi connectivity index (χ0n) is 14.8. The molecule has 140 valence electrons. The zero-order valence-corrected chi connectivity index (χ0v) is 14.8. The van der Waals surface area contributed by atoms with Crippen LogP contribution in [0.4, 0.5) is 4.79 Å². The average Bonchev–Trinajstić information content (AvgIpc) is 3.23. The molecule has 1 aromatic rings. The van der Waals surface area contributed by atoms with Crippen LogP contribution in [0, 0.1) is 11.8 Å². The number of nitrogens with one attached hydrogen (secondary N) is 1. The molecule has 26 heavy (non-hydrogen) atoms. The molecule has 0 spiro atoms. The molecule has 2 aliphatic rings. The highest BCUT2D eigenvalue weighted by atomic mass is 16.6. The number of nitrogens with zero attached hydrogens (tertiary/aromatic N) is 1. The molecule has 2 N–H and O–H groups in total. The fourth-order valence-corrected chi connectivity index (χ4v) is 3.74. The molecule has 3 rings (SSSR count). The molecule has 0 saturated carbocycles. The highest BCUT2D eigenvalue weighted by Gasteiger charge is 2.47. The van der Waals surface area contributed by atoms with Crippen LogP contribution in [0.1, 0.15) is 42.1 Å². The lowest BCUT2D eigenvalue weighted by atomic mass is 9.77. The molecule has 0 aromatic heterocycles. The number of carbonyl (C=O) groups is 2. The minimum atomic E-state index is -0.925. The molecular weight excluding hydrogens is 336 g/mol. The van der Waals surface area contributed by atoms with E-state index in [4.69, 9.17) is 14.6 Å². The third-order valence-corrected chi connectivity index (χ3v) is 5.00. The Hall–Kier alpha value is -2.41. The van der Waals surface area contributed by atoms with E-state index in [9.17, 15) is 9.59 Å². The van der Waals surface area contributed by atoms with Crippen LogP contribution in [0.5, 0.6) is 0 Å². The first kappa shape index (κ1) is 18.4. The molecule has 2 aliphatic heterocycles. The van der Waals surface area contributed by atoms with Crippen molar-refractivity contribution in [3.05, 3.63) is 35.4 Å². The monoisotopic (exact) mass is 360 g/mol. The summed E-state index contributed by atoms with van der Waals surface area (Å²) in [5.74, 6) is -0.535.